The smallest absolute Gasteiger partial charge is 0.326 e. The van der Waals surface area contributed by atoms with Crippen molar-refractivity contribution in [3.05, 3.63) is 21.3 Å². The second-order valence-electron chi connectivity index (χ2n) is 3.03. The van der Waals surface area contributed by atoms with Gasteiger partial charge in [0, 0.05) is 7.05 Å². The number of carboxylic acid groups (broad SMARTS) is 1. The Hall–Kier alpha value is -1.07. The highest BCUT2D eigenvalue weighted by Crippen LogP contribution is 2.23. The lowest BCUT2D eigenvalue weighted by atomic mass is 10.3. The SMILES string of the molecule is CC(C(=O)O)N(C)C(=O)c1sccc1Cl. The van der Waals surface area contributed by atoms with Gasteiger partial charge in [0.15, 0.2) is 0 Å². The molecule has 1 heterocycles. The van der Waals surface area contributed by atoms with Crippen LogP contribution in [-0.2, 0) is 4.79 Å². The summed E-state index contributed by atoms with van der Waals surface area (Å²) in [7, 11) is 1.44. The number of rotatable bonds is 3. The van der Waals surface area contributed by atoms with Crippen molar-refractivity contribution < 1.29 is 14.7 Å². The summed E-state index contributed by atoms with van der Waals surface area (Å²) >= 11 is 6.98. The van der Waals surface area contributed by atoms with E-state index in [9.17, 15) is 9.59 Å². The van der Waals surface area contributed by atoms with Gasteiger partial charge in [-0.15, -0.1) is 11.3 Å². The molecule has 0 saturated heterocycles. The van der Waals surface area contributed by atoms with E-state index in [0.717, 1.165) is 4.90 Å². The summed E-state index contributed by atoms with van der Waals surface area (Å²) in [6.45, 7) is 1.45. The van der Waals surface area contributed by atoms with Crippen LogP contribution in [0.3, 0.4) is 0 Å². The number of thiophene rings is 1. The van der Waals surface area contributed by atoms with E-state index in [1.807, 2.05) is 0 Å². The van der Waals surface area contributed by atoms with E-state index in [0.29, 0.717) is 9.90 Å². The molecule has 0 bridgehead atoms. The number of halogens is 1. The maximum Gasteiger partial charge on any atom is 0.326 e. The fraction of sp³-hybridized carbons (Fsp3) is 0.333. The Balaban J connectivity index is 2.86. The monoisotopic (exact) mass is 247 g/mol. The first-order valence-electron chi connectivity index (χ1n) is 4.18. The normalized spacial score (nSPS) is 12.2. The number of hydrogen-bond donors (Lipinski definition) is 1. The zero-order valence-electron chi connectivity index (χ0n) is 8.23. The van der Waals surface area contributed by atoms with Crippen molar-refractivity contribution in [3.63, 3.8) is 0 Å². The van der Waals surface area contributed by atoms with Crippen LogP contribution in [0.4, 0.5) is 0 Å². The van der Waals surface area contributed by atoms with Gasteiger partial charge in [-0.3, -0.25) is 4.79 Å². The Kier molecular flexibility index (Phi) is 3.71. The number of hydrogen-bond acceptors (Lipinski definition) is 3. The summed E-state index contributed by atoms with van der Waals surface area (Å²) in [5.41, 5.74) is 0. The first-order valence-corrected chi connectivity index (χ1v) is 5.44. The molecule has 0 aliphatic carbocycles. The second-order valence-corrected chi connectivity index (χ2v) is 4.35. The van der Waals surface area contributed by atoms with Crippen molar-refractivity contribution in [1.29, 1.82) is 0 Å². The molecule has 1 unspecified atom stereocenters. The third kappa shape index (κ3) is 2.49. The first kappa shape index (κ1) is 12.0. The highest BCUT2D eigenvalue weighted by molar-refractivity contribution is 7.12. The van der Waals surface area contributed by atoms with Gasteiger partial charge in [0.05, 0.1) is 5.02 Å². The van der Waals surface area contributed by atoms with E-state index in [2.05, 4.69) is 0 Å². The summed E-state index contributed by atoms with van der Waals surface area (Å²) in [5, 5.41) is 10.8. The molecule has 0 fully saturated rings. The lowest BCUT2D eigenvalue weighted by Gasteiger charge is -2.20. The zero-order valence-corrected chi connectivity index (χ0v) is 9.80. The molecule has 1 aromatic heterocycles. The van der Waals surface area contributed by atoms with Crippen LogP contribution >= 0.6 is 22.9 Å². The van der Waals surface area contributed by atoms with E-state index in [1.54, 1.807) is 11.4 Å². The molecule has 4 nitrogen and oxygen atoms in total. The average Bonchev–Trinajstić information content (AvgIpc) is 2.60. The largest absolute Gasteiger partial charge is 0.480 e. The van der Waals surface area contributed by atoms with Gasteiger partial charge in [0.1, 0.15) is 10.9 Å². The zero-order chi connectivity index (χ0) is 11.6. The minimum absolute atomic E-state index is 0.356. The molecule has 0 saturated carbocycles. The highest BCUT2D eigenvalue weighted by atomic mass is 35.5. The summed E-state index contributed by atoms with van der Waals surface area (Å²) in [4.78, 5) is 24.0. The number of nitrogens with zero attached hydrogens (tertiary/aromatic N) is 1. The van der Waals surface area contributed by atoms with Gasteiger partial charge in [-0.05, 0) is 18.4 Å². The Bertz CT molecular complexity index is 390. The van der Waals surface area contributed by atoms with Crippen molar-refractivity contribution in [3.8, 4) is 0 Å². The molecule has 1 atom stereocenters. The number of amides is 1. The molecular formula is C9H10ClNO3S. The van der Waals surface area contributed by atoms with Crippen molar-refractivity contribution in [2.24, 2.45) is 0 Å². The van der Waals surface area contributed by atoms with Gasteiger partial charge in [0.2, 0.25) is 0 Å². The van der Waals surface area contributed by atoms with Crippen LogP contribution in [0.1, 0.15) is 16.6 Å². The van der Waals surface area contributed by atoms with Crippen LogP contribution in [0.25, 0.3) is 0 Å². The second kappa shape index (κ2) is 4.63. The Morgan fingerprint density at radius 3 is 2.60 bits per heavy atom. The van der Waals surface area contributed by atoms with E-state index < -0.39 is 12.0 Å². The minimum Gasteiger partial charge on any atom is -0.480 e. The lowest BCUT2D eigenvalue weighted by molar-refractivity contribution is -0.141. The number of carbonyl (C=O) groups excluding carboxylic acids is 1. The summed E-state index contributed by atoms with van der Waals surface area (Å²) in [6, 6.07) is 0.745. The van der Waals surface area contributed by atoms with Gasteiger partial charge in [0.25, 0.3) is 5.91 Å². The van der Waals surface area contributed by atoms with Crippen LogP contribution < -0.4 is 0 Å². The molecule has 6 heteroatoms. The van der Waals surface area contributed by atoms with Crippen LogP contribution in [0.2, 0.25) is 5.02 Å². The van der Waals surface area contributed by atoms with Crippen molar-refractivity contribution in [2.45, 2.75) is 13.0 Å². The quantitative estimate of drug-likeness (QED) is 0.888. The standard InChI is InChI=1S/C9H10ClNO3S/c1-5(9(13)14)11(2)8(12)7-6(10)3-4-15-7/h3-5H,1-2H3,(H,13,14). The predicted octanol–water partition coefficient (Wildman–Crippen LogP) is 1.95. The van der Waals surface area contributed by atoms with Gasteiger partial charge in [-0.2, -0.15) is 0 Å². The Morgan fingerprint density at radius 2 is 2.20 bits per heavy atom. The molecular weight excluding hydrogens is 238 g/mol. The highest BCUT2D eigenvalue weighted by Gasteiger charge is 2.24. The molecule has 1 amide bonds. The van der Waals surface area contributed by atoms with Crippen molar-refractivity contribution in [2.75, 3.05) is 7.05 Å². The maximum absolute atomic E-state index is 11.8. The molecule has 0 aromatic carbocycles. The van der Waals surface area contributed by atoms with Crippen molar-refractivity contribution in [1.82, 2.24) is 4.90 Å². The molecule has 82 valence electrons. The summed E-state index contributed by atoms with van der Waals surface area (Å²) < 4.78 is 0. The number of carboxylic acids is 1. The van der Waals surface area contributed by atoms with Gasteiger partial charge in [-0.1, -0.05) is 11.6 Å². The maximum atomic E-state index is 11.8. The first-order chi connectivity index (χ1) is 6.95. The summed E-state index contributed by atoms with van der Waals surface area (Å²) in [6.07, 6.45) is 0. The van der Waals surface area contributed by atoms with E-state index in [-0.39, 0.29) is 5.91 Å². The lowest BCUT2D eigenvalue weighted by Crippen LogP contribution is -2.40. The Labute approximate surface area is 96.1 Å². The van der Waals surface area contributed by atoms with Gasteiger partial charge >= 0.3 is 5.97 Å². The molecule has 0 aliphatic heterocycles. The van der Waals surface area contributed by atoms with E-state index in [1.165, 1.54) is 25.3 Å². The number of likely N-dealkylation sites (N-methyl/N-ethyl adjacent to an activating group) is 1. The predicted molar refractivity (Wildman–Crippen MR) is 58.5 cm³/mol. The fourth-order valence-electron chi connectivity index (χ4n) is 0.948. The van der Waals surface area contributed by atoms with E-state index >= 15 is 0 Å². The Morgan fingerprint density at radius 1 is 1.60 bits per heavy atom. The third-order valence-electron chi connectivity index (χ3n) is 2.07. The third-order valence-corrected chi connectivity index (χ3v) is 3.40. The molecule has 1 N–H and O–H groups in total. The topological polar surface area (TPSA) is 57.6 Å². The molecule has 0 radical (unpaired) electrons. The van der Waals surface area contributed by atoms with Gasteiger partial charge < -0.3 is 10.0 Å². The number of carbonyl (C=O) groups is 2. The average molecular weight is 248 g/mol. The summed E-state index contributed by atoms with van der Waals surface area (Å²) in [5.74, 6) is -1.41. The molecule has 1 rings (SSSR count). The van der Waals surface area contributed by atoms with Crippen molar-refractivity contribution >= 4 is 34.8 Å². The van der Waals surface area contributed by atoms with Crippen LogP contribution in [-0.4, -0.2) is 35.0 Å². The molecule has 0 spiro atoms. The van der Waals surface area contributed by atoms with E-state index in [4.69, 9.17) is 16.7 Å². The van der Waals surface area contributed by atoms with Gasteiger partial charge in [-0.25, -0.2) is 4.79 Å². The van der Waals surface area contributed by atoms with Crippen LogP contribution in [0.5, 0.6) is 0 Å². The fourth-order valence-corrected chi connectivity index (χ4v) is 2.07. The van der Waals surface area contributed by atoms with Crippen LogP contribution in [0.15, 0.2) is 11.4 Å². The molecule has 15 heavy (non-hydrogen) atoms. The number of aliphatic carboxylic acids is 1. The molecule has 1 aromatic rings. The molecule has 0 aliphatic rings. The van der Waals surface area contributed by atoms with Crippen LogP contribution in [0, 0.1) is 0 Å². The minimum atomic E-state index is -1.04.